The molecule has 2 bridgehead atoms. The second-order valence-electron chi connectivity index (χ2n) is 5.28. The van der Waals surface area contributed by atoms with Gasteiger partial charge in [-0.15, -0.1) is 0 Å². The molecule has 1 heterocycles. The fraction of sp³-hybridized carbons (Fsp3) is 0.571. The zero-order valence-electron chi connectivity index (χ0n) is 9.21. The normalized spacial score (nSPS) is 44.9. The third-order valence-electron chi connectivity index (χ3n) is 4.40. The minimum absolute atomic E-state index is 0.111. The van der Waals surface area contributed by atoms with E-state index in [4.69, 9.17) is 9.47 Å². The molecule has 1 unspecified atom stereocenters. The number of hydrogen-bond acceptors (Lipinski definition) is 2. The minimum atomic E-state index is -0.111. The average molecular weight is 216 g/mol. The second kappa shape index (κ2) is 3.31. The highest BCUT2D eigenvalue weighted by molar-refractivity contribution is 5.17. The number of ether oxygens (including phenoxy) is 2. The monoisotopic (exact) mass is 216 g/mol. The summed E-state index contributed by atoms with van der Waals surface area (Å²) in [7, 11) is 0. The fourth-order valence-electron chi connectivity index (χ4n) is 3.65. The molecule has 0 N–H and O–H groups in total. The van der Waals surface area contributed by atoms with Crippen LogP contribution in [-0.4, -0.2) is 12.2 Å². The van der Waals surface area contributed by atoms with Crippen LogP contribution in [0.25, 0.3) is 0 Å². The van der Waals surface area contributed by atoms with Gasteiger partial charge >= 0.3 is 0 Å². The molecule has 1 saturated heterocycles. The van der Waals surface area contributed by atoms with Gasteiger partial charge in [0, 0.05) is 5.56 Å². The van der Waals surface area contributed by atoms with Crippen LogP contribution in [0.5, 0.6) is 0 Å². The number of hydrogen-bond donors (Lipinski definition) is 0. The Balaban J connectivity index is 1.59. The molecular weight excluding hydrogens is 200 g/mol. The van der Waals surface area contributed by atoms with Crippen molar-refractivity contribution in [3.8, 4) is 0 Å². The van der Waals surface area contributed by atoms with Gasteiger partial charge in [0.1, 0.15) is 0 Å². The summed E-state index contributed by atoms with van der Waals surface area (Å²) >= 11 is 0. The van der Waals surface area contributed by atoms with Gasteiger partial charge in [0.2, 0.25) is 0 Å². The Hall–Kier alpha value is -0.860. The van der Waals surface area contributed by atoms with E-state index in [0.717, 1.165) is 17.4 Å². The molecule has 0 aromatic heterocycles. The van der Waals surface area contributed by atoms with Gasteiger partial charge in [-0.2, -0.15) is 0 Å². The highest BCUT2D eigenvalue weighted by Gasteiger charge is 2.54. The average Bonchev–Trinajstić information content (AvgIpc) is 3.02. The molecule has 3 fully saturated rings. The van der Waals surface area contributed by atoms with Gasteiger partial charge in [0.05, 0.1) is 12.2 Å². The minimum Gasteiger partial charge on any atom is -0.342 e. The first-order valence-electron chi connectivity index (χ1n) is 6.28. The van der Waals surface area contributed by atoms with Crippen molar-refractivity contribution in [3.05, 3.63) is 35.9 Å². The first-order chi connectivity index (χ1) is 7.92. The maximum absolute atomic E-state index is 6.08. The van der Waals surface area contributed by atoms with E-state index in [-0.39, 0.29) is 6.29 Å². The van der Waals surface area contributed by atoms with Crippen LogP contribution in [0.15, 0.2) is 30.3 Å². The molecule has 3 aliphatic rings. The molecule has 16 heavy (non-hydrogen) atoms. The molecule has 0 radical (unpaired) electrons. The van der Waals surface area contributed by atoms with Crippen molar-refractivity contribution in [2.75, 3.05) is 0 Å². The van der Waals surface area contributed by atoms with E-state index in [9.17, 15) is 0 Å². The summed E-state index contributed by atoms with van der Waals surface area (Å²) < 4.78 is 12.2. The van der Waals surface area contributed by atoms with E-state index in [1.54, 1.807) is 0 Å². The molecular formula is C14H16O2. The lowest BCUT2D eigenvalue weighted by Gasteiger charge is -2.20. The van der Waals surface area contributed by atoms with Gasteiger partial charge in [-0.25, -0.2) is 0 Å². The largest absolute Gasteiger partial charge is 0.342 e. The van der Waals surface area contributed by atoms with Gasteiger partial charge < -0.3 is 9.47 Å². The maximum Gasteiger partial charge on any atom is 0.184 e. The smallest absolute Gasteiger partial charge is 0.184 e. The molecule has 2 nitrogen and oxygen atoms in total. The van der Waals surface area contributed by atoms with Gasteiger partial charge in [-0.05, 0) is 31.1 Å². The zero-order valence-corrected chi connectivity index (χ0v) is 9.21. The van der Waals surface area contributed by atoms with Crippen LogP contribution in [-0.2, 0) is 9.47 Å². The summed E-state index contributed by atoms with van der Waals surface area (Å²) in [4.78, 5) is 0. The van der Waals surface area contributed by atoms with Gasteiger partial charge in [0.15, 0.2) is 6.29 Å². The Kier molecular flexibility index (Phi) is 1.91. The molecule has 1 aromatic carbocycles. The Labute approximate surface area is 95.6 Å². The summed E-state index contributed by atoms with van der Waals surface area (Å²) in [6, 6.07) is 10.3. The molecule has 1 aromatic rings. The lowest BCUT2D eigenvalue weighted by molar-refractivity contribution is -0.0836. The first kappa shape index (κ1) is 9.20. The SMILES string of the molecule is c1ccc(C2O[C@@H]3[C@H]4CC[C@H](C4)[C@@H]3O2)cc1. The Morgan fingerprint density at radius 3 is 2.12 bits per heavy atom. The predicted octanol–water partition coefficient (Wildman–Crippen LogP) is 2.90. The summed E-state index contributed by atoms with van der Waals surface area (Å²) in [6.07, 6.45) is 4.66. The Morgan fingerprint density at radius 1 is 0.875 bits per heavy atom. The first-order valence-corrected chi connectivity index (χ1v) is 6.28. The topological polar surface area (TPSA) is 18.5 Å². The van der Waals surface area contributed by atoms with Gasteiger partial charge in [0.25, 0.3) is 0 Å². The van der Waals surface area contributed by atoms with Crippen molar-refractivity contribution in [1.82, 2.24) is 0 Å². The molecule has 0 amide bonds. The van der Waals surface area contributed by atoms with Crippen LogP contribution < -0.4 is 0 Å². The summed E-state index contributed by atoms with van der Waals surface area (Å²) in [6.45, 7) is 0. The quantitative estimate of drug-likeness (QED) is 0.718. The van der Waals surface area contributed by atoms with Crippen molar-refractivity contribution >= 4 is 0 Å². The fourth-order valence-corrected chi connectivity index (χ4v) is 3.65. The third kappa shape index (κ3) is 1.20. The predicted molar refractivity (Wildman–Crippen MR) is 59.8 cm³/mol. The van der Waals surface area contributed by atoms with E-state index in [2.05, 4.69) is 12.1 Å². The Bertz CT molecular complexity index is 371. The number of rotatable bonds is 1. The van der Waals surface area contributed by atoms with Gasteiger partial charge in [-0.1, -0.05) is 30.3 Å². The third-order valence-corrected chi connectivity index (χ3v) is 4.40. The standard InChI is InChI=1S/C14H16O2/c1-2-4-9(5-3-1)14-15-12-10-6-7-11(8-10)13(12)16-14/h1-5,10-14H,6-8H2/t10-,11+,12+,13-,14?. The summed E-state index contributed by atoms with van der Waals surface area (Å²) in [5.74, 6) is 1.53. The van der Waals surface area contributed by atoms with Crippen molar-refractivity contribution in [3.63, 3.8) is 0 Å². The van der Waals surface area contributed by atoms with Crippen LogP contribution in [0.3, 0.4) is 0 Å². The van der Waals surface area contributed by atoms with E-state index in [1.807, 2.05) is 18.2 Å². The second-order valence-corrected chi connectivity index (χ2v) is 5.28. The lowest BCUT2D eigenvalue weighted by atomic mass is 9.95. The number of fused-ring (bicyclic) bond motifs is 5. The van der Waals surface area contributed by atoms with Crippen LogP contribution in [0.2, 0.25) is 0 Å². The molecule has 1 aliphatic heterocycles. The zero-order chi connectivity index (χ0) is 10.5. The molecule has 2 saturated carbocycles. The lowest BCUT2D eigenvalue weighted by Crippen LogP contribution is -2.28. The summed E-state index contributed by atoms with van der Waals surface area (Å²) in [5, 5.41) is 0. The number of benzene rings is 1. The van der Waals surface area contributed by atoms with Crippen molar-refractivity contribution in [2.24, 2.45) is 11.8 Å². The van der Waals surface area contributed by atoms with E-state index >= 15 is 0 Å². The van der Waals surface area contributed by atoms with E-state index < -0.39 is 0 Å². The van der Waals surface area contributed by atoms with Crippen LogP contribution in [0, 0.1) is 11.8 Å². The highest BCUT2D eigenvalue weighted by atomic mass is 16.7. The van der Waals surface area contributed by atoms with Crippen LogP contribution in [0.1, 0.15) is 31.1 Å². The van der Waals surface area contributed by atoms with Crippen molar-refractivity contribution < 1.29 is 9.47 Å². The van der Waals surface area contributed by atoms with E-state index in [1.165, 1.54) is 19.3 Å². The van der Waals surface area contributed by atoms with Crippen LogP contribution in [0.4, 0.5) is 0 Å². The van der Waals surface area contributed by atoms with E-state index in [0.29, 0.717) is 12.2 Å². The molecule has 84 valence electrons. The molecule has 4 rings (SSSR count). The van der Waals surface area contributed by atoms with Crippen LogP contribution >= 0.6 is 0 Å². The molecule has 5 atom stereocenters. The highest BCUT2D eigenvalue weighted by Crippen LogP contribution is 2.53. The molecule has 2 aliphatic carbocycles. The maximum atomic E-state index is 6.08. The molecule has 0 spiro atoms. The van der Waals surface area contributed by atoms with Crippen molar-refractivity contribution in [1.29, 1.82) is 0 Å². The molecule has 2 heteroatoms. The Morgan fingerprint density at radius 2 is 1.50 bits per heavy atom. The summed E-state index contributed by atoms with van der Waals surface area (Å²) in [5.41, 5.74) is 1.16. The van der Waals surface area contributed by atoms with Gasteiger partial charge in [-0.3, -0.25) is 0 Å². The van der Waals surface area contributed by atoms with Crippen molar-refractivity contribution in [2.45, 2.75) is 37.8 Å².